The topological polar surface area (TPSA) is 53.1 Å². The van der Waals surface area contributed by atoms with E-state index in [-0.39, 0.29) is 5.54 Å². The first-order valence-corrected chi connectivity index (χ1v) is 5.43. The van der Waals surface area contributed by atoms with Crippen molar-refractivity contribution in [3.63, 3.8) is 0 Å². The molecule has 0 aliphatic carbocycles. The van der Waals surface area contributed by atoms with E-state index in [9.17, 15) is 0 Å². The first-order valence-electron chi connectivity index (χ1n) is 5.43. The minimum absolute atomic E-state index is 0.182. The average Bonchev–Trinajstić information content (AvgIpc) is 2.64. The molecule has 2 N–H and O–H groups in total. The molecule has 4 heteroatoms. The van der Waals surface area contributed by atoms with Crippen molar-refractivity contribution >= 4 is 0 Å². The maximum absolute atomic E-state index is 6.13. The Hall–Kier alpha value is -0.870. The van der Waals surface area contributed by atoms with Gasteiger partial charge in [0.25, 0.3) is 0 Å². The van der Waals surface area contributed by atoms with Gasteiger partial charge >= 0.3 is 0 Å². The molecule has 1 heterocycles. The zero-order valence-electron chi connectivity index (χ0n) is 9.86. The summed E-state index contributed by atoms with van der Waals surface area (Å²) in [5.74, 6) is 0. The van der Waals surface area contributed by atoms with E-state index < -0.39 is 0 Å². The molecular weight excluding hydrogens is 190 g/mol. The summed E-state index contributed by atoms with van der Waals surface area (Å²) in [6.45, 7) is 5.37. The fourth-order valence-electron chi connectivity index (χ4n) is 1.34. The third kappa shape index (κ3) is 3.32. The van der Waals surface area contributed by atoms with E-state index in [1.807, 2.05) is 17.8 Å². The minimum atomic E-state index is -0.182. The monoisotopic (exact) mass is 211 g/mol. The van der Waals surface area contributed by atoms with E-state index in [2.05, 4.69) is 18.8 Å². The zero-order valence-corrected chi connectivity index (χ0v) is 9.86. The Balaban J connectivity index is 2.36. The van der Waals surface area contributed by atoms with Gasteiger partial charge in [-0.25, -0.2) is 4.98 Å². The Morgan fingerprint density at radius 3 is 2.60 bits per heavy atom. The summed E-state index contributed by atoms with van der Waals surface area (Å²) in [6.07, 6.45) is 5.47. The molecule has 15 heavy (non-hydrogen) atoms. The van der Waals surface area contributed by atoms with Gasteiger partial charge in [-0.15, -0.1) is 0 Å². The maximum atomic E-state index is 6.13. The number of hydrogen-bond acceptors (Lipinski definition) is 3. The smallest absolute Gasteiger partial charge is 0.0946 e. The summed E-state index contributed by atoms with van der Waals surface area (Å²) in [5, 5.41) is 0. The molecule has 0 atom stereocenters. The molecule has 0 aliphatic heterocycles. The highest BCUT2D eigenvalue weighted by molar-refractivity contribution is 4.95. The first kappa shape index (κ1) is 12.2. The van der Waals surface area contributed by atoms with E-state index in [0.29, 0.717) is 13.2 Å². The summed E-state index contributed by atoms with van der Waals surface area (Å²) in [6, 6.07) is 0. The van der Waals surface area contributed by atoms with Crippen molar-refractivity contribution in [2.45, 2.75) is 38.8 Å². The molecule has 1 aromatic rings. The van der Waals surface area contributed by atoms with Gasteiger partial charge in [0.2, 0.25) is 0 Å². The van der Waals surface area contributed by atoms with Crippen LogP contribution in [0.5, 0.6) is 0 Å². The second-order valence-electron chi connectivity index (χ2n) is 4.06. The van der Waals surface area contributed by atoms with Crippen LogP contribution in [-0.4, -0.2) is 21.7 Å². The highest BCUT2D eigenvalue weighted by Gasteiger charge is 2.20. The van der Waals surface area contributed by atoms with Gasteiger partial charge in [-0.1, -0.05) is 13.8 Å². The van der Waals surface area contributed by atoms with Crippen molar-refractivity contribution in [1.29, 1.82) is 0 Å². The second kappa shape index (κ2) is 5.28. The minimum Gasteiger partial charge on any atom is -0.373 e. The van der Waals surface area contributed by atoms with E-state index in [1.165, 1.54) is 0 Å². The van der Waals surface area contributed by atoms with Crippen molar-refractivity contribution in [1.82, 2.24) is 9.55 Å². The molecule has 0 fully saturated rings. The van der Waals surface area contributed by atoms with Crippen LogP contribution in [-0.2, 0) is 18.4 Å². The van der Waals surface area contributed by atoms with Crippen molar-refractivity contribution in [3.05, 3.63) is 18.2 Å². The quantitative estimate of drug-likeness (QED) is 0.775. The van der Waals surface area contributed by atoms with E-state index in [0.717, 1.165) is 18.5 Å². The molecule has 1 aromatic heterocycles. The fourth-order valence-corrected chi connectivity index (χ4v) is 1.34. The van der Waals surface area contributed by atoms with Crippen molar-refractivity contribution in [2.75, 3.05) is 6.61 Å². The summed E-state index contributed by atoms with van der Waals surface area (Å²) >= 11 is 0. The van der Waals surface area contributed by atoms with Crippen LogP contribution >= 0.6 is 0 Å². The van der Waals surface area contributed by atoms with Crippen LogP contribution in [0.25, 0.3) is 0 Å². The highest BCUT2D eigenvalue weighted by Crippen LogP contribution is 2.12. The van der Waals surface area contributed by atoms with Crippen LogP contribution in [0.1, 0.15) is 32.4 Å². The van der Waals surface area contributed by atoms with Crippen LogP contribution in [0.15, 0.2) is 12.5 Å². The number of aryl methyl sites for hydroxylation is 1. The number of aromatic nitrogens is 2. The molecule has 0 spiro atoms. The Bertz CT molecular complexity index is 292. The number of nitrogens with zero attached hydrogens (tertiary/aromatic N) is 2. The van der Waals surface area contributed by atoms with Crippen molar-refractivity contribution in [2.24, 2.45) is 12.8 Å². The third-order valence-corrected chi connectivity index (χ3v) is 2.96. The average molecular weight is 211 g/mol. The second-order valence-corrected chi connectivity index (χ2v) is 4.06. The Labute approximate surface area is 91.4 Å². The van der Waals surface area contributed by atoms with E-state index >= 15 is 0 Å². The lowest BCUT2D eigenvalue weighted by atomic mass is 9.96. The van der Waals surface area contributed by atoms with Crippen LogP contribution in [0.2, 0.25) is 0 Å². The van der Waals surface area contributed by atoms with Gasteiger partial charge in [0.1, 0.15) is 0 Å². The lowest BCUT2D eigenvalue weighted by Gasteiger charge is -2.26. The summed E-state index contributed by atoms with van der Waals surface area (Å²) < 4.78 is 7.57. The Kier molecular flexibility index (Phi) is 4.29. The number of ether oxygens (including phenoxy) is 1. The van der Waals surface area contributed by atoms with Crippen LogP contribution in [0.4, 0.5) is 0 Å². The maximum Gasteiger partial charge on any atom is 0.0946 e. The van der Waals surface area contributed by atoms with Gasteiger partial charge in [-0.3, -0.25) is 0 Å². The molecule has 0 bridgehead atoms. The molecule has 1 rings (SSSR count). The van der Waals surface area contributed by atoms with Crippen molar-refractivity contribution in [3.8, 4) is 0 Å². The Morgan fingerprint density at radius 1 is 1.47 bits per heavy atom. The molecule has 0 unspecified atom stereocenters. The molecule has 0 saturated carbocycles. The molecule has 0 amide bonds. The molecular formula is C11H21N3O. The lowest BCUT2D eigenvalue weighted by molar-refractivity contribution is 0.0665. The standard InChI is InChI=1S/C11H21N3O/c1-4-11(12,5-2)8-15-7-10-6-13-9-14(10)3/h6,9H,4-5,7-8,12H2,1-3H3. The largest absolute Gasteiger partial charge is 0.373 e. The van der Waals surface area contributed by atoms with Gasteiger partial charge in [0, 0.05) is 12.6 Å². The molecule has 4 nitrogen and oxygen atoms in total. The van der Waals surface area contributed by atoms with Crippen LogP contribution < -0.4 is 5.73 Å². The van der Waals surface area contributed by atoms with Gasteiger partial charge in [-0.05, 0) is 12.8 Å². The molecule has 0 aromatic carbocycles. The first-order chi connectivity index (χ1) is 7.11. The number of nitrogens with two attached hydrogens (primary N) is 1. The SMILES string of the molecule is CCC(N)(CC)COCc1cncn1C. The number of rotatable bonds is 6. The van der Waals surface area contributed by atoms with Crippen molar-refractivity contribution < 1.29 is 4.74 Å². The fraction of sp³-hybridized carbons (Fsp3) is 0.727. The van der Waals surface area contributed by atoms with Crippen LogP contribution in [0, 0.1) is 0 Å². The number of hydrogen-bond donors (Lipinski definition) is 1. The van der Waals surface area contributed by atoms with Gasteiger partial charge < -0.3 is 15.0 Å². The van der Waals surface area contributed by atoms with E-state index in [1.54, 1.807) is 6.33 Å². The van der Waals surface area contributed by atoms with Gasteiger partial charge in [-0.2, -0.15) is 0 Å². The molecule has 0 radical (unpaired) electrons. The third-order valence-electron chi connectivity index (χ3n) is 2.96. The van der Waals surface area contributed by atoms with E-state index in [4.69, 9.17) is 10.5 Å². The summed E-state index contributed by atoms with van der Waals surface area (Å²) in [5.41, 5.74) is 7.02. The molecule has 0 aliphatic rings. The Morgan fingerprint density at radius 2 is 2.13 bits per heavy atom. The predicted octanol–water partition coefficient (Wildman–Crippen LogP) is 1.45. The molecule has 0 saturated heterocycles. The number of imidazole rings is 1. The van der Waals surface area contributed by atoms with Crippen LogP contribution in [0.3, 0.4) is 0 Å². The summed E-state index contributed by atoms with van der Waals surface area (Å²) in [4.78, 5) is 4.03. The summed E-state index contributed by atoms with van der Waals surface area (Å²) in [7, 11) is 1.96. The van der Waals surface area contributed by atoms with Gasteiger partial charge in [0.05, 0.1) is 31.4 Å². The highest BCUT2D eigenvalue weighted by atomic mass is 16.5. The predicted molar refractivity (Wildman–Crippen MR) is 60.4 cm³/mol. The lowest BCUT2D eigenvalue weighted by Crippen LogP contribution is -2.43. The molecule has 86 valence electrons. The van der Waals surface area contributed by atoms with Gasteiger partial charge in [0.15, 0.2) is 0 Å². The zero-order chi connectivity index (χ0) is 11.3. The normalized spacial score (nSPS) is 12.0.